The Labute approximate surface area is 83.2 Å². The van der Waals surface area contributed by atoms with E-state index < -0.39 is 0 Å². The van der Waals surface area contributed by atoms with Crippen molar-refractivity contribution in [2.75, 3.05) is 0 Å². The molecule has 3 nitrogen and oxygen atoms in total. The van der Waals surface area contributed by atoms with Gasteiger partial charge < -0.3 is 0 Å². The molecule has 0 saturated heterocycles. The Morgan fingerprint density at radius 1 is 1.29 bits per heavy atom. The van der Waals surface area contributed by atoms with Crippen LogP contribution in [-0.2, 0) is 6.42 Å². The van der Waals surface area contributed by atoms with Crippen LogP contribution in [0.2, 0.25) is 0 Å². The minimum atomic E-state index is 0.800. The van der Waals surface area contributed by atoms with Gasteiger partial charge in [-0.25, -0.2) is 15.0 Å². The summed E-state index contributed by atoms with van der Waals surface area (Å²) in [7, 11) is 0. The van der Waals surface area contributed by atoms with Crippen molar-refractivity contribution in [2.45, 2.75) is 26.2 Å². The molecule has 2 aromatic rings. The first-order valence-electron chi connectivity index (χ1n) is 4.97. The van der Waals surface area contributed by atoms with Crippen molar-refractivity contribution in [2.24, 2.45) is 0 Å². The summed E-state index contributed by atoms with van der Waals surface area (Å²) in [5, 5.41) is 1.01. The Morgan fingerprint density at radius 2 is 2.21 bits per heavy atom. The Balaban J connectivity index is 2.32. The lowest BCUT2D eigenvalue weighted by Crippen LogP contribution is -1.95. The van der Waals surface area contributed by atoms with Crippen molar-refractivity contribution in [3.8, 4) is 0 Å². The molecule has 0 aliphatic rings. The molecule has 0 spiro atoms. The number of hydrogen-bond donors (Lipinski definition) is 0. The number of pyridine rings is 1. The van der Waals surface area contributed by atoms with E-state index in [9.17, 15) is 0 Å². The SMILES string of the molecule is CCCCc1ncc2cccnc2n1. The predicted octanol–water partition coefficient (Wildman–Crippen LogP) is 2.37. The molecule has 0 saturated carbocycles. The van der Waals surface area contributed by atoms with E-state index in [4.69, 9.17) is 0 Å². The van der Waals surface area contributed by atoms with Gasteiger partial charge in [-0.1, -0.05) is 13.3 Å². The molecule has 2 aromatic heterocycles. The highest BCUT2D eigenvalue weighted by Crippen LogP contribution is 2.07. The van der Waals surface area contributed by atoms with E-state index in [-0.39, 0.29) is 0 Å². The number of unbranched alkanes of at least 4 members (excludes halogenated alkanes) is 1. The van der Waals surface area contributed by atoms with Gasteiger partial charge in [0.2, 0.25) is 0 Å². The van der Waals surface area contributed by atoms with Gasteiger partial charge in [0.15, 0.2) is 5.65 Å². The summed E-state index contributed by atoms with van der Waals surface area (Å²) < 4.78 is 0. The maximum Gasteiger partial charge on any atom is 0.162 e. The second-order valence-electron chi connectivity index (χ2n) is 3.31. The Bertz CT molecular complexity index is 426. The van der Waals surface area contributed by atoms with Crippen molar-refractivity contribution in [3.63, 3.8) is 0 Å². The smallest absolute Gasteiger partial charge is 0.162 e. The van der Waals surface area contributed by atoms with Gasteiger partial charge in [-0.3, -0.25) is 0 Å². The minimum Gasteiger partial charge on any atom is -0.241 e. The second-order valence-corrected chi connectivity index (χ2v) is 3.31. The van der Waals surface area contributed by atoms with Crippen LogP contribution in [0.4, 0.5) is 0 Å². The van der Waals surface area contributed by atoms with E-state index in [1.54, 1.807) is 6.20 Å². The van der Waals surface area contributed by atoms with Crippen LogP contribution >= 0.6 is 0 Å². The topological polar surface area (TPSA) is 38.7 Å². The molecule has 72 valence electrons. The largest absolute Gasteiger partial charge is 0.241 e. The summed E-state index contributed by atoms with van der Waals surface area (Å²) in [6.07, 6.45) is 6.87. The molecule has 0 unspecified atom stereocenters. The van der Waals surface area contributed by atoms with Crippen LogP contribution in [0.1, 0.15) is 25.6 Å². The fourth-order valence-electron chi connectivity index (χ4n) is 1.35. The van der Waals surface area contributed by atoms with Gasteiger partial charge in [-0.2, -0.15) is 0 Å². The minimum absolute atomic E-state index is 0.800. The van der Waals surface area contributed by atoms with Crippen molar-refractivity contribution in [1.82, 2.24) is 15.0 Å². The second kappa shape index (κ2) is 4.13. The fourth-order valence-corrected chi connectivity index (χ4v) is 1.35. The van der Waals surface area contributed by atoms with E-state index >= 15 is 0 Å². The third kappa shape index (κ3) is 1.87. The third-order valence-electron chi connectivity index (χ3n) is 2.16. The van der Waals surface area contributed by atoms with Gasteiger partial charge in [0.05, 0.1) is 0 Å². The Kier molecular flexibility index (Phi) is 2.68. The molecule has 0 atom stereocenters. The van der Waals surface area contributed by atoms with Gasteiger partial charge in [0, 0.05) is 24.2 Å². The number of rotatable bonds is 3. The molecule has 3 heteroatoms. The number of aromatic nitrogens is 3. The molecule has 0 aliphatic carbocycles. The molecule has 2 rings (SSSR count). The summed E-state index contributed by atoms with van der Waals surface area (Å²) in [4.78, 5) is 12.9. The van der Waals surface area contributed by atoms with Gasteiger partial charge in [-0.15, -0.1) is 0 Å². The zero-order chi connectivity index (χ0) is 9.80. The molecule has 0 aromatic carbocycles. The summed E-state index contributed by atoms with van der Waals surface area (Å²) in [6.45, 7) is 2.17. The number of aryl methyl sites for hydroxylation is 1. The lowest BCUT2D eigenvalue weighted by atomic mass is 10.2. The molecule has 0 aliphatic heterocycles. The molecule has 14 heavy (non-hydrogen) atoms. The van der Waals surface area contributed by atoms with Gasteiger partial charge in [-0.05, 0) is 18.6 Å². The van der Waals surface area contributed by atoms with E-state index in [1.165, 1.54) is 6.42 Å². The first-order valence-corrected chi connectivity index (χ1v) is 4.97. The number of nitrogens with zero attached hydrogens (tertiary/aromatic N) is 3. The van der Waals surface area contributed by atoms with Crippen molar-refractivity contribution in [3.05, 3.63) is 30.4 Å². The first-order chi connectivity index (χ1) is 6.90. The lowest BCUT2D eigenvalue weighted by molar-refractivity contribution is 0.755. The van der Waals surface area contributed by atoms with Crippen LogP contribution in [0.15, 0.2) is 24.5 Å². The summed E-state index contributed by atoms with van der Waals surface area (Å²) in [6, 6.07) is 3.88. The maximum atomic E-state index is 4.39. The molecule has 2 heterocycles. The molecule has 0 radical (unpaired) electrons. The average molecular weight is 187 g/mol. The monoisotopic (exact) mass is 187 g/mol. The highest BCUT2D eigenvalue weighted by atomic mass is 14.9. The van der Waals surface area contributed by atoms with E-state index in [2.05, 4.69) is 21.9 Å². The standard InChI is InChI=1S/C11H13N3/c1-2-3-6-10-13-8-9-5-4-7-12-11(9)14-10/h4-5,7-8H,2-3,6H2,1H3. The normalized spacial score (nSPS) is 10.6. The van der Waals surface area contributed by atoms with Crippen LogP contribution in [0.3, 0.4) is 0 Å². The van der Waals surface area contributed by atoms with Crippen LogP contribution in [0, 0.1) is 0 Å². The highest BCUT2D eigenvalue weighted by Gasteiger charge is 1.99. The van der Waals surface area contributed by atoms with Gasteiger partial charge in [0.25, 0.3) is 0 Å². The Morgan fingerprint density at radius 3 is 3.07 bits per heavy atom. The lowest BCUT2D eigenvalue weighted by Gasteiger charge is -1.99. The summed E-state index contributed by atoms with van der Waals surface area (Å²) >= 11 is 0. The van der Waals surface area contributed by atoms with Gasteiger partial charge in [0.1, 0.15) is 5.82 Å². The van der Waals surface area contributed by atoms with E-state index in [0.717, 1.165) is 29.7 Å². The van der Waals surface area contributed by atoms with Gasteiger partial charge >= 0.3 is 0 Å². The molecule has 0 amide bonds. The molecule has 0 bridgehead atoms. The molecular formula is C11H13N3. The average Bonchev–Trinajstić information content (AvgIpc) is 2.26. The number of fused-ring (bicyclic) bond motifs is 1. The predicted molar refractivity (Wildman–Crippen MR) is 55.9 cm³/mol. The zero-order valence-electron chi connectivity index (χ0n) is 8.27. The maximum absolute atomic E-state index is 4.39. The zero-order valence-corrected chi connectivity index (χ0v) is 8.27. The quantitative estimate of drug-likeness (QED) is 0.740. The van der Waals surface area contributed by atoms with E-state index in [0.29, 0.717) is 0 Å². The number of hydrogen-bond acceptors (Lipinski definition) is 3. The first kappa shape index (κ1) is 9.06. The molecule has 0 N–H and O–H groups in total. The van der Waals surface area contributed by atoms with E-state index in [1.807, 2.05) is 18.3 Å². The highest BCUT2D eigenvalue weighted by molar-refractivity contribution is 5.72. The Hall–Kier alpha value is -1.51. The van der Waals surface area contributed by atoms with Crippen molar-refractivity contribution in [1.29, 1.82) is 0 Å². The summed E-state index contributed by atoms with van der Waals surface area (Å²) in [5.74, 6) is 0.901. The van der Waals surface area contributed by atoms with Crippen LogP contribution < -0.4 is 0 Å². The van der Waals surface area contributed by atoms with Crippen molar-refractivity contribution >= 4 is 11.0 Å². The molecular weight excluding hydrogens is 174 g/mol. The van der Waals surface area contributed by atoms with Crippen LogP contribution in [-0.4, -0.2) is 15.0 Å². The fraction of sp³-hybridized carbons (Fsp3) is 0.364. The van der Waals surface area contributed by atoms with Crippen LogP contribution in [0.25, 0.3) is 11.0 Å². The summed E-state index contributed by atoms with van der Waals surface area (Å²) in [5.41, 5.74) is 0.800. The van der Waals surface area contributed by atoms with Crippen LogP contribution in [0.5, 0.6) is 0 Å². The van der Waals surface area contributed by atoms with Crippen molar-refractivity contribution < 1.29 is 0 Å². The molecule has 0 fully saturated rings. The third-order valence-corrected chi connectivity index (χ3v) is 2.16.